The van der Waals surface area contributed by atoms with Gasteiger partial charge in [0.15, 0.2) is 5.82 Å². The smallest absolute Gasteiger partial charge is 0.251 e. The van der Waals surface area contributed by atoms with Crippen LogP contribution in [0.1, 0.15) is 48.3 Å². The Bertz CT molecular complexity index is 730. The summed E-state index contributed by atoms with van der Waals surface area (Å²) >= 11 is 5.83. The highest BCUT2D eigenvalue weighted by Gasteiger charge is 2.10. The van der Waals surface area contributed by atoms with Gasteiger partial charge in [-0.1, -0.05) is 36.7 Å². The summed E-state index contributed by atoms with van der Waals surface area (Å²) in [5.74, 6) is 0.865. The number of amides is 2. The molecule has 0 aliphatic rings. The minimum absolute atomic E-state index is 0.0938. The third kappa shape index (κ3) is 6.19. The quantitative estimate of drug-likeness (QED) is 0.700. The molecular weight excluding hydrogens is 344 g/mol. The molecule has 2 aromatic rings. The fourth-order valence-corrected chi connectivity index (χ4v) is 2.22. The molecule has 0 saturated heterocycles. The van der Waals surface area contributed by atoms with E-state index in [-0.39, 0.29) is 24.3 Å². The lowest BCUT2D eigenvalue weighted by Gasteiger charge is -2.06. The molecule has 134 valence electrons. The van der Waals surface area contributed by atoms with Crippen molar-refractivity contribution in [3.05, 3.63) is 46.6 Å². The maximum Gasteiger partial charge on any atom is 0.251 e. The summed E-state index contributed by atoms with van der Waals surface area (Å²) < 4.78 is 5.13. The summed E-state index contributed by atoms with van der Waals surface area (Å²) in [7, 11) is 0. The van der Waals surface area contributed by atoms with Crippen molar-refractivity contribution in [1.82, 2.24) is 20.8 Å². The Kier molecular flexibility index (Phi) is 6.94. The van der Waals surface area contributed by atoms with Gasteiger partial charge in [0.1, 0.15) is 0 Å². The van der Waals surface area contributed by atoms with E-state index in [2.05, 4.69) is 20.8 Å². The van der Waals surface area contributed by atoms with Crippen LogP contribution >= 0.6 is 11.6 Å². The van der Waals surface area contributed by atoms with Crippen molar-refractivity contribution in [2.45, 2.75) is 32.6 Å². The third-order valence-electron chi connectivity index (χ3n) is 3.39. The lowest BCUT2D eigenvalue weighted by molar-refractivity contribution is -0.120. The highest BCUT2D eigenvalue weighted by molar-refractivity contribution is 6.30. The molecule has 0 saturated carbocycles. The minimum Gasteiger partial charge on any atom is -0.355 e. The zero-order valence-electron chi connectivity index (χ0n) is 14.2. The fraction of sp³-hybridized carbons (Fsp3) is 0.412. The minimum atomic E-state index is -0.343. The Morgan fingerprint density at radius 3 is 2.76 bits per heavy atom. The van der Waals surface area contributed by atoms with Crippen molar-refractivity contribution >= 4 is 23.4 Å². The summed E-state index contributed by atoms with van der Waals surface area (Å²) in [6.07, 6.45) is 1.27. The number of nitrogens with zero attached hydrogens (tertiary/aromatic N) is 2. The topological polar surface area (TPSA) is 97.1 Å². The van der Waals surface area contributed by atoms with Gasteiger partial charge in [0, 0.05) is 29.5 Å². The largest absolute Gasteiger partial charge is 0.355 e. The standard InChI is InChI=1S/C17H21ClN4O3/c1-11(2)16-21-15(25-22-16)7-4-8-19-14(23)10-20-17(24)12-5-3-6-13(18)9-12/h3,5-6,9,11H,4,7-8,10H2,1-2H3,(H,19,23)(H,20,24). The Labute approximate surface area is 151 Å². The number of carbonyl (C=O) groups excluding carboxylic acids is 2. The van der Waals surface area contributed by atoms with Crippen molar-refractivity contribution in [3.8, 4) is 0 Å². The van der Waals surface area contributed by atoms with Crippen molar-refractivity contribution in [2.24, 2.45) is 0 Å². The van der Waals surface area contributed by atoms with Gasteiger partial charge in [-0.3, -0.25) is 9.59 Å². The molecule has 7 nitrogen and oxygen atoms in total. The molecule has 1 heterocycles. The molecule has 0 spiro atoms. The molecule has 2 amide bonds. The van der Waals surface area contributed by atoms with Gasteiger partial charge in [-0.25, -0.2) is 0 Å². The van der Waals surface area contributed by atoms with Gasteiger partial charge >= 0.3 is 0 Å². The van der Waals surface area contributed by atoms with Gasteiger partial charge in [-0.05, 0) is 24.6 Å². The zero-order valence-corrected chi connectivity index (χ0v) is 15.0. The molecule has 1 aromatic carbocycles. The Hall–Kier alpha value is -2.41. The molecule has 0 bridgehead atoms. The first-order valence-corrected chi connectivity index (χ1v) is 8.46. The van der Waals surface area contributed by atoms with E-state index >= 15 is 0 Å². The van der Waals surface area contributed by atoms with Crippen LogP contribution in [0.4, 0.5) is 0 Å². The maximum absolute atomic E-state index is 11.9. The fourth-order valence-electron chi connectivity index (χ4n) is 2.03. The molecule has 0 aliphatic carbocycles. The van der Waals surface area contributed by atoms with Crippen LogP contribution in [0.25, 0.3) is 0 Å². The molecule has 2 rings (SSSR count). The number of aromatic nitrogens is 2. The average Bonchev–Trinajstić information content (AvgIpc) is 3.06. The summed E-state index contributed by atoms with van der Waals surface area (Å²) in [5, 5.41) is 9.64. The Morgan fingerprint density at radius 2 is 2.08 bits per heavy atom. The number of halogens is 1. The van der Waals surface area contributed by atoms with Gasteiger partial charge in [0.2, 0.25) is 11.8 Å². The van der Waals surface area contributed by atoms with Crippen LogP contribution in [-0.2, 0) is 11.2 Å². The van der Waals surface area contributed by atoms with Crippen LogP contribution in [0.15, 0.2) is 28.8 Å². The van der Waals surface area contributed by atoms with Crippen molar-refractivity contribution < 1.29 is 14.1 Å². The third-order valence-corrected chi connectivity index (χ3v) is 3.62. The van der Waals surface area contributed by atoms with E-state index in [9.17, 15) is 9.59 Å². The summed E-state index contributed by atoms with van der Waals surface area (Å²) in [4.78, 5) is 27.9. The second-order valence-corrected chi connectivity index (χ2v) is 6.28. The monoisotopic (exact) mass is 364 g/mol. The van der Waals surface area contributed by atoms with E-state index in [1.54, 1.807) is 24.3 Å². The summed E-state index contributed by atoms with van der Waals surface area (Å²) in [6.45, 7) is 4.35. The second-order valence-electron chi connectivity index (χ2n) is 5.85. The Morgan fingerprint density at radius 1 is 1.28 bits per heavy atom. The number of aryl methyl sites for hydroxylation is 1. The molecule has 0 radical (unpaired) electrons. The van der Waals surface area contributed by atoms with Crippen LogP contribution in [0.2, 0.25) is 5.02 Å². The molecule has 0 fully saturated rings. The van der Waals surface area contributed by atoms with Gasteiger partial charge in [0.05, 0.1) is 6.54 Å². The van der Waals surface area contributed by atoms with Gasteiger partial charge in [0.25, 0.3) is 5.91 Å². The highest BCUT2D eigenvalue weighted by Crippen LogP contribution is 2.11. The highest BCUT2D eigenvalue weighted by atomic mass is 35.5. The number of rotatable bonds is 8. The van der Waals surface area contributed by atoms with E-state index in [1.165, 1.54) is 0 Å². The predicted octanol–water partition coefficient (Wildman–Crippen LogP) is 2.33. The van der Waals surface area contributed by atoms with Crippen molar-refractivity contribution in [1.29, 1.82) is 0 Å². The SMILES string of the molecule is CC(C)c1noc(CCCNC(=O)CNC(=O)c2cccc(Cl)c2)n1. The van der Waals surface area contributed by atoms with Gasteiger partial charge in [-0.15, -0.1) is 0 Å². The van der Waals surface area contributed by atoms with Gasteiger partial charge in [-0.2, -0.15) is 4.98 Å². The summed E-state index contributed by atoms with van der Waals surface area (Å²) in [6, 6.07) is 6.54. The van der Waals surface area contributed by atoms with E-state index < -0.39 is 0 Å². The van der Waals surface area contributed by atoms with E-state index in [1.807, 2.05) is 13.8 Å². The number of benzene rings is 1. The van der Waals surface area contributed by atoms with Crippen LogP contribution in [0.5, 0.6) is 0 Å². The first kappa shape index (κ1) is 18.9. The number of hydrogen-bond donors (Lipinski definition) is 2. The molecule has 2 N–H and O–H groups in total. The zero-order chi connectivity index (χ0) is 18.2. The lowest BCUT2D eigenvalue weighted by atomic mass is 10.2. The van der Waals surface area contributed by atoms with Crippen molar-refractivity contribution in [2.75, 3.05) is 13.1 Å². The molecule has 1 aromatic heterocycles. The van der Waals surface area contributed by atoms with Crippen LogP contribution in [0, 0.1) is 0 Å². The van der Waals surface area contributed by atoms with Crippen LogP contribution in [0.3, 0.4) is 0 Å². The molecule has 25 heavy (non-hydrogen) atoms. The lowest BCUT2D eigenvalue weighted by Crippen LogP contribution is -2.37. The summed E-state index contributed by atoms with van der Waals surface area (Å²) in [5.41, 5.74) is 0.414. The normalized spacial score (nSPS) is 10.7. The van der Waals surface area contributed by atoms with Crippen LogP contribution < -0.4 is 10.6 Å². The second kappa shape index (κ2) is 9.17. The maximum atomic E-state index is 11.9. The first-order chi connectivity index (χ1) is 12.0. The molecule has 0 aliphatic heterocycles. The number of nitrogens with one attached hydrogen (secondary N) is 2. The molecule has 0 atom stereocenters. The van der Waals surface area contributed by atoms with Crippen LogP contribution in [-0.4, -0.2) is 35.0 Å². The number of hydrogen-bond acceptors (Lipinski definition) is 5. The van der Waals surface area contributed by atoms with E-state index in [4.69, 9.17) is 16.1 Å². The first-order valence-electron chi connectivity index (χ1n) is 8.08. The number of carbonyl (C=O) groups is 2. The van der Waals surface area contributed by atoms with E-state index in [0.29, 0.717) is 41.7 Å². The molecular formula is C17H21ClN4O3. The molecule has 8 heteroatoms. The van der Waals surface area contributed by atoms with Gasteiger partial charge < -0.3 is 15.2 Å². The Balaban J connectivity index is 1.64. The molecule has 0 unspecified atom stereocenters. The average molecular weight is 365 g/mol. The predicted molar refractivity (Wildman–Crippen MR) is 93.5 cm³/mol. The van der Waals surface area contributed by atoms with Crippen molar-refractivity contribution in [3.63, 3.8) is 0 Å². The van der Waals surface area contributed by atoms with E-state index in [0.717, 1.165) is 0 Å².